The van der Waals surface area contributed by atoms with Crippen molar-refractivity contribution in [2.24, 2.45) is 5.92 Å². The Hall–Kier alpha value is -2.16. The summed E-state index contributed by atoms with van der Waals surface area (Å²) < 4.78 is 5.68. The molecule has 2 N–H and O–H groups in total. The Labute approximate surface area is 133 Å². The number of anilines is 2. The molecule has 3 nitrogen and oxygen atoms in total. The maximum Gasteiger partial charge on any atom is 0.119 e. The van der Waals surface area contributed by atoms with E-state index < -0.39 is 0 Å². The van der Waals surface area contributed by atoms with Gasteiger partial charge >= 0.3 is 0 Å². The molecule has 0 unspecified atom stereocenters. The number of hydrogen-bond acceptors (Lipinski definition) is 3. The topological polar surface area (TPSA) is 33.3 Å². The van der Waals surface area contributed by atoms with Crippen LogP contribution in [0.25, 0.3) is 0 Å². The fourth-order valence-corrected chi connectivity index (χ4v) is 2.10. The van der Waals surface area contributed by atoms with Crippen molar-refractivity contribution in [2.75, 3.05) is 30.3 Å². The van der Waals surface area contributed by atoms with Gasteiger partial charge in [-0.25, -0.2) is 0 Å². The van der Waals surface area contributed by atoms with Gasteiger partial charge in [-0.1, -0.05) is 26.0 Å². The third-order valence-corrected chi connectivity index (χ3v) is 3.24. The van der Waals surface area contributed by atoms with Crippen LogP contribution in [-0.4, -0.2) is 19.7 Å². The number of nitrogens with one attached hydrogen (secondary N) is 2. The van der Waals surface area contributed by atoms with E-state index in [4.69, 9.17) is 4.74 Å². The molecule has 0 atom stereocenters. The van der Waals surface area contributed by atoms with Crippen molar-refractivity contribution in [1.82, 2.24) is 0 Å². The van der Waals surface area contributed by atoms with Gasteiger partial charge in [-0.15, -0.1) is 0 Å². The van der Waals surface area contributed by atoms with Crippen LogP contribution in [0.3, 0.4) is 0 Å². The Morgan fingerprint density at radius 1 is 0.909 bits per heavy atom. The average Bonchev–Trinajstić information content (AvgIpc) is 2.51. The molecule has 0 aliphatic carbocycles. The SMILES string of the molecule is Cc1cccc(NCCNc2ccc(OCC(C)C)cc2)c1. The molecule has 2 aromatic rings. The van der Waals surface area contributed by atoms with E-state index in [9.17, 15) is 0 Å². The molecular weight excluding hydrogens is 272 g/mol. The summed E-state index contributed by atoms with van der Waals surface area (Å²) in [5.41, 5.74) is 3.55. The molecule has 0 radical (unpaired) electrons. The van der Waals surface area contributed by atoms with Crippen molar-refractivity contribution < 1.29 is 4.74 Å². The first-order valence-corrected chi connectivity index (χ1v) is 7.91. The number of ether oxygens (including phenoxy) is 1. The van der Waals surface area contributed by atoms with Gasteiger partial charge in [0.25, 0.3) is 0 Å². The van der Waals surface area contributed by atoms with Crippen LogP contribution < -0.4 is 15.4 Å². The molecule has 118 valence electrons. The first-order valence-electron chi connectivity index (χ1n) is 7.91. The van der Waals surface area contributed by atoms with Crippen molar-refractivity contribution >= 4 is 11.4 Å². The summed E-state index contributed by atoms with van der Waals surface area (Å²) >= 11 is 0. The van der Waals surface area contributed by atoms with E-state index in [1.54, 1.807) is 0 Å². The second kappa shape index (κ2) is 8.32. The van der Waals surface area contributed by atoms with Crippen molar-refractivity contribution in [1.29, 1.82) is 0 Å². The second-order valence-electron chi connectivity index (χ2n) is 5.95. The molecule has 0 aliphatic rings. The van der Waals surface area contributed by atoms with Gasteiger partial charge < -0.3 is 15.4 Å². The van der Waals surface area contributed by atoms with Crippen molar-refractivity contribution in [3.05, 3.63) is 54.1 Å². The Balaban J connectivity index is 1.70. The Morgan fingerprint density at radius 3 is 2.23 bits per heavy atom. The van der Waals surface area contributed by atoms with Crippen LogP contribution in [0, 0.1) is 12.8 Å². The molecular formula is C19H26N2O. The van der Waals surface area contributed by atoms with Gasteiger partial charge in [-0.2, -0.15) is 0 Å². The fourth-order valence-electron chi connectivity index (χ4n) is 2.10. The van der Waals surface area contributed by atoms with Crippen molar-refractivity contribution in [3.63, 3.8) is 0 Å². The van der Waals surface area contributed by atoms with E-state index in [-0.39, 0.29) is 0 Å². The minimum absolute atomic E-state index is 0.547. The number of aryl methyl sites for hydroxylation is 1. The van der Waals surface area contributed by atoms with Gasteiger partial charge in [0.2, 0.25) is 0 Å². The molecule has 0 saturated carbocycles. The molecule has 2 rings (SSSR count). The van der Waals surface area contributed by atoms with E-state index in [1.165, 1.54) is 11.3 Å². The Kier molecular flexibility index (Phi) is 6.13. The summed E-state index contributed by atoms with van der Waals surface area (Å²) in [6.07, 6.45) is 0. The van der Waals surface area contributed by atoms with Crippen LogP contribution in [0.4, 0.5) is 11.4 Å². The third kappa shape index (κ3) is 5.68. The van der Waals surface area contributed by atoms with E-state index in [0.717, 1.165) is 31.1 Å². The highest BCUT2D eigenvalue weighted by molar-refractivity contribution is 5.48. The van der Waals surface area contributed by atoms with Gasteiger partial charge in [0.15, 0.2) is 0 Å². The normalized spacial score (nSPS) is 10.5. The first-order chi connectivity index (χ1) is 10.6. The molecule has 0 fully saturated rings. The van der Waals surface area contributed by atoms with Crippen LogP contribution >= 0.6 is 0 Å². The summed E-state index contributed by atoms with van der Waals surface area (Å²) in [7, 11) is 0. The standard InChI is InChI=1S/C19H26N2O/c1-15(2)14-22-19-9-7-17(8-10-19)20-11-12-21-18-6-4-5-16(3)13-18/h4-10,13,15,20-21H,11-12,14H2,1-3H3. The Bertz CT molecular complexity index is 564. The van der Waals surface area contributed by atoms with E-state index in [2.05, 4.69) is 67.8 Å². The highest BCUT2D eigenvalue weighted by Crippen LogP contribution is 2.16. The van der Waals surface area contributed by atoms with Gasteiger partial charge in [-0.3, -0.25) is 0 Å². The maximum absolute atomic E-state index is 5.68. The van der Waals surface area contributed by atoms with Crippen molar-refractivity contribution in [3.8, 4) is 5.75 Å². The van der Waals surface area contributed by atoms with Gasteiger partial charge in [0.1, 0.15) is 5.75 Å². The molecule has 0 aliphatic heterocycles. The van der Waals surface area contributed by atoms with Crippen LogP contribution in [0.15, 0.2) is 48.5 Å². The summed E-state index contributed by atoms with van der Waals surface area (Å²) in [5, 5.41) is 6.82. The molecule has 3 heteroatoms. The lowest BCUT2D eigenvalue weighted by atomic mass is 10.2. The molecule has 22 heavy (non-hydrogen) atoms. The van der Waals surface area contributed by atoms with Crippen LogP contribution in [0.5, 0.6) is 5.75 Å². The van der Waals surface area contributed by atoms with Crippen LogP contribution in [0.2, 0.25) is 0 Å². The lowest BCUT2D eigenvalue weighted by molar-refractivity contribution is 0.271. The molecule has 0 heterocycles. The fraction of sp³-hybridized carbons (Fsp3) is 0.368. The summed E-state index contributed by atoms with van der Waals surface area (Å²) in [6.45, 7) is 8.92. The molecule has 0 bridgehead atoms. The monoisotopic (exact) mass is 298 g/mol. The lowest BCUT2D eigenvalue weighted by Crippen LogP contribution is -2.13. The zero-order valence-electron chi connectivity index (χ0n) is 13.7. The smallest absolute Gasteiger partial charge is 0.119 e. The number of rotatable bonds is 8. The minimum Gasteiger partial charge on any atom is -0.493 e. The zero-order chi connectivity index (χ0) is 15.8. The summed E-state index contributed by atoms with van der Waals surface area (Å²) in [4.78, 5) is 0. The number of hydrogen-bond donors (Lipinski definition) is 2. The molecule has 0 amide bonds. The maximum atomic E-state index is 5.68. The largest absolute Gasteiger partial charge is 0.493 e. The van der Waals surface area contributed by atoms with Gasteiger partial charge in [0, 0.05) is 24.5 Å². The molecule has 0 spiro atoms. The van der Waals surface area contributed by atoms with E-state index in [0.29, 0.717) is 5.92 Å². The van der Waals surface area contributed by atoms with Crippen LogP contribution in [-0.2, 0) is 0 Å². The molecule has 2 aromatic carbocycles. The summed E-state index contributed by atoms with van der Waals surface area (Å²) in [6, 6.07) is 16.6. The molecule has 0 aromatic heterocycles. The van der Waals surface area contributed by atoms with E-state index >= 15 is 0 Å². The number of benzene rings is 2. The van der Waals surface area contributed by atoms with Crippen molar-refractivity contribution in [2.45, 2.75) is 20.8 Å². The molecule has 0 saturated heterocycles. The predicted octanol–water partition coefficient (Wildman–Crippen LogP) is 4.55. The lowest BCUT2D eigenvalue weighted by Gasteiger charge is -2.11. The highest BCUT2D eigenvalue weighted by Gasteiger charge is 1.98. The first kappa shape index (κ1) is 16.2. The second-order valence-corrected chi connectivity index (χ2v) is 5.95. The quantitative estimate of drug-likeness (QED) is 0.701. The average molecular weight is 298 g/mol. The van der Waals surface area contributed by atoms with Gasteiger partial charge in [0.05, 0.1) is 6.61 Å². The van der Waals surface area contributed by atoms with E-state index in [1.807, 2.05) is 12.1 Å². The van der Waals surface area contributed by atoms with Gasteiger partial charge in [-0.05, 0) is 54.8 Å². The predicted molar refractivity (Wildman–Crippen MR) is 94.9 cm³/mol. The summed E-state index contributed by atoms with van der Waals surface area (Å²) in [5.74, 6) is 1.47. The Morgan fingerprint density at radius 2 is 1.59 bits per heavy atom. The highest BCUT2D eigenvalue weighted by atomic mass is 16.5. The van der Waals surface area contributed by atoms with Crippen LogP contribution in [0.1, 0.15) is 19.4 Å². The minimum atomic E-state index is 0.547. The third-order valence-electron chi connectivity index (χ3n) is 3.24. The zero-order valence-corrected chi connectivity index (χ0v) is 13.7.